The zero-order valence-corrected chi connectivity index (χ0v) is 7.13. The van der Waals surface area contributed by atoms with E-state index < -0.39 is 6.10 Å². The highest BCUT2D eigenvalue weighted by atomic mass is 79.9. The van der Waals surface area contributed by atoms with Gasteiger partial charge in [0.1, 0.15) is 10.7 Å². The summed E-state index contributed by atoms with van der Waals surface area (Å²) in [5.41, 5.74) is 0. The van der Waals surface area contributed by atoms with Crippen LogP contribution in [0.25, 0.3) is 0 Å². The molecule has 0 aromatic carbocycles. The molecule has 4 heteroatoms. The minimum atomic E-state index is -0.529. The highest BCUT2D eigenvalue weighted by Gasteiger charge is 2.09. The van der Waals surface area contributed by atoms with Gasteiger partial charge in [-0.2, -0.15) is 0 Å². The van der Waals surface area contributed by atoms with Crippen LogP contribution >= 0.6 is 15.9 Å². The molecule has 0 fully saturated rings. The largest absolute Gasteiger partial charge is 0.385 e. The summed E-state index contributed by atoms with van der Waals surface area (Å²) in [4.78, 5) is 0. The first kappa shape index (κ1) is 7.75. The number of aromatic nitrogens is 1. The summed E-state index contributed by atoms with van der Waals surface area (Å²) < 4.78 is 5.39. The monoisotopic (exact) mass is 205 g/mol. The summed E-state index contributed by atoms with van der Waals surface area (Å²) in [6, 6.07) is 1.66. The molecule has 0 aliphatic rings. The Hall–Kier alpha value is -0.350. The molecular formula is C6H8BrNO2. The van der Waals surface area contributed by atoms with E-state index in [0.29, 0.717) is 16.8 Å². The third-order valence-electron chi connectivity index (χ3n) is 1.21. The van der Waals surface area contributed by atoms with Gasteiger partial charge in [-0.15, -0.1) is 0 Å². The third-order valence-corrected chi connectivity index (χ3v) is 1.59. The molecule has 1 aromatic heterocycles. The second kappa shape index (κ2) is 3.16. The van der Waals surface area contributed by atoms with E-state index in [1.807, 2.05) is 6.92 Å². The van der Waals surface area contributed by atoms with Crippen molar-refractivity contribution in [3.8, 4) is 0 Å². The fourth-order valence-electron chi connectivity index (χ4n) is 0.625. The maximum atomic E-state index is 9.19. The Morgan fingerprint density at radius 2 is 2.60 bits per heavy atom. The van der Waals surface area contributed by atoms with Crippen LogP contribution in [-0.2, 0) is 0 Å². The highest BCUT2D eigenvalue weighted by molar-refractivity contribution is 9.10. The number of nitrogens with zero attached hydrogens (tertiary/aromatic N) is 1. The minimum Gasteiger partial charge on any atom is -0.385 e. The van der Waals surface area contributed by atoms with Crippen molar-refractivity contribution >= 4 is 15.9 Å². The molecule has 1 heterocycles. The Kier molecular flexibility index (Phi) is 2.45. The molecule has 1 rings (SSSR count). The molecule has 1 N–H and O–H groups in total. The van der Waals surface area contributed by atoms with Crippen molar-refractivity contribution in [3.63, 3.8) is 0 Å². The zero-order valence-electron chi connectivity index (χ0n) is 5.54. The molecule has 3 nitrogen and oxygen atoms in total. The predicted octanol–water partition coefficient (Wildman–Crippen LogP) is 1.88. The summed E-state index contributed by atoms with van der Waals surface area (Å²) >= 11 is 3.11. The molecule has 0 aliphatic heterocycles. The zero-order chi connectivity index (χ0) is 7.56. The van der Waals surface area contributed by atoms with Gasteiger partial charge in [-0.05, 0) is 22.4 Å². The Bertz CT molecular complexity index is 211. The average Bonchev–Trinajstić information content (AvgIpc) is 2.34. The van der Waals surface area contributed by atoms with Crippen LogP contribution in [0.3, 0.4) is 0 Å². The lowest BCUT2D eigenvalue weighted by Gasteiger charge is -1.98. The molecule has 0 radical (unpaired) electrons. The van der Waals surface area contributed by atoms with Crippen molar-refractivity contribution in [2.45, 2.75) is 19.4 Å². The van der Waals surface area contributed by atoms with Crippen LogP contribution in [-0.4, -0.2) is 10.3 Å². The van der Waals surface area contributed by atoms with E-state index in [1.165, 1.54) is 0 Å². The first-order valence-corrected chi connectivity index (χ1v) is 3.83. The highest BCUT2D eigenvalue weighted by Crippen LogP contribution is 2.19. The molecule has 56 valence electrons. The molecule has 1 atom stereocenters. The van der Waals surface area contributed by atoms with Gasteiger partial charge in [0.25, 0.3) is 0 Å². The number of rotatable bonds is 2. The van der Waals surface area contributed by atoms with E-state index in [2.05, 4.69) is 21.1 Å². The Labute approximate surface area is 67.2 Å². The normalized spacial score (nSPS) is 13.5. The number of hydrogen-bond acceptors (Lipinski definition) is 3. The molecule has 0 amide bonds. The number of halogens is 1. The van der Waals surface area contributed by atoms with Crippen molar-refractivity contribution in [3.05, 3.63) is 16.4 Å². The topological polar surface area (TPSA) is 46.3 Å². The summed E-state index contributed by atoms with van der Waals surface area (Å²) in [5, 5.41) is 12.8. The van der Waals surface area contributed by atoms with Gasteiger partial charge < -0.3 is 9.63 Å². The third kappa shape index (κ3) is 1.58. The number of aliphatic hydroxyl groups is 1. The molecule has 1 unspecified atom stereocenters. The maximum absolute atomic E-state index is 9.19. The van der Waals surface area contributed by atoms with E-state index in [9.17, 15) is 5.11 Å². The van der Waals surface area contributed by atoms with Crippen LogP contribution < -0.4 is 0 Å². The summed E-state index contributed by atoms with van der Waals surface area (Å²) in [6.07, 6.45) is 0.112. The molecule has 0 aliphatic carbocycles. The number of hydrogen-bond donors (Lipinski definition) is 1. The standard InChI is InChI=1S/C6H8BrNO2/c1-2-4(9)5-3-6(7)8-10-5/h3-4,9H,2H2,1H3. The van der Waals surface area contributed by atoms with Crippen LogP contribution in [0.4, 0.5) is 0 Å². The second-order valence-corrected chi connectivity index (χ2v) is 2.79. The molecule has 0 bridgehead atoms. The Balaban J connectivity index is 2.74. The van der Waals surface area contributed by atoms with E-state index in [1.54, 1.807) is 6.07 Å². The van der Waals surface area contributed by atoms with E-state index >= 15 is 0 Å². The van der Waals surface area contributed by atoms with Crippen molar-refractivity contribution in [2.75, 3.05) is 0 Å². The van der Waals surface area contributed by atoms with E-state index in [0.717, 1.165) is 0 Å². The minimum absolute atomic E-state index is 0.509. The van der Waals surface area contributed by atoms with Gasteiger partial charge in [0.15, 0.2) is 5.76 Å². The predicted molar refractivity (Wildman–Crippen MR) is 39.5 cm³/mol. The van der Waals surface area contributed by atoms with Gasteiger partial charge in [0.05, 0.1) is 0 Å². The van der Waals surface area contributed by atoms with Crippen molar-refractivity contribution in [2.24, 2.45) is 0 Å². The lowest BCUT2D eigenvalue weighted by Crippen LogP contribution is -1.91. The van der Waals surface area contributed by atoms with Gasteiger partial charge in [0.2, 0.25) is 0 Å². The van der Waals surface area contributed by atoms with Gasteiger partial charge in [-0.25, -0.2) is 0 Å². The molecule has 0 spiro atoms. The lowest BCUT2D eigenvalue weighted by molar-refractivity contribution is 0.135. The van der Waals surface area contributed by atoms with Gasteiger partial charge in [0, 0.05) is 6.07 Å². The fraction of sp³-hybridized carbons (Fsp3) is 0.500. The average molecular weight is 206 g/mol. The van der Waals surface area contributed by atoms with Crippen molar-refractivity contribution < 1.29 is 9.63 Å². The quantitative estimate of drug-likeness (QED) is 0.803. The SMILES string of the molecule is CCC(O)c1cc(Br)no1. The molecule has 0 saturated carbocycles. The van der Waals surface area contributed by atoms with Crippen molar-refractivity contribution in [1.82, 2.24) is 5.16 Å². The maximum Gasteiger partial charge on any atom is 0.166 e. The van der Waals surface area contributed by atoms with Gasteiger partial charge in [-0.1, -0.05) is 12.1 Å². The van der Waals surface area contributed by atoms with Gasteiger partial charge in [-0.3, -0.25) is 0 Å². The Morgan fingerprint density at radius 1 is 1.90 bits per heavy atom. The van der Waals surface area contributed by atoms with Crippen LogP contribution in [0.15, 0.2) is 15.2 Å². The van der Waals surface area contributed by atoms with E-state index in [4.69, 9.17) is 4.52 Å². The van der Waals surface area contributed by atoms with Crippen LogP contribution in [0.2, 0.25) is 0 Å². The van der Waals surface area contributed by atoms with Crippen LogP contribution in [0.5, 0.6) is 0 Å². The van der Waals surface area contributed by atoms with Gasteiger partial charge >= 0.3 is 0 Å². The second-order valence-electron chi connectivity index (χ2n) is 1.98. The molecular weight excluding hydrogens is 198 g/mol. The molecule has 0 saturated heterocycles. The fourth-order valence-corrected chi connectivity index (χ4v) is 0.923. The van der Waals surface area contributed by atoms with Crippen molar-refractivity contribution in [1.29, 1.82) is 0 Å². The first-order valence-electron chi connectivity index (χ1n) is 3.04. The van der Waals surface area contributed by atoms with E-state index in [-0.39, 0.29) is 0 Å². The smallest absolute Gasteiger partial charge is 0.166 e. The number of aliphatic hydroxyl groups excluding tert-OH is 1. The summed E-state index contributed by atoms with van der Waals surface area (Å²) in [5.74, 6) is 0.509. The van der Waals surface area contributed by atoms with Crippen LogP contribution in [0.1, 0.15) is 25.2 Å². The lowest BCUT2D eigenvalue weighted by atomic mass is 10.2. The van der Waals surface area contributed by atoms with Crippen LogP contribution in [0, 0.1) is 0 Å². The molecule has 1 aromatic rings. The summed E-state index contributed by atoms with van der Waals surface area (Å²) in [6.45, 7) is 1.88. The Morgan fingerprint density at radius 3 is 3.00 bits per heavy atom. The summed E-state index contributed by atoms with van der Waals surface area (Å²) in [7, 11) is 0. The first-order chi connectivity index (χ1) is 4.74. The molecule has 10 heavy (non-hydrogen) atoms.